The van der Waals surface area contributed by atoms with Gasteiger partial charge in [-0.25, -0.2) is 4.98 Å². The van der Waals surface area contributed by atoms with E-state index in [-0.39, 0.29) is 5.56 Å². The summed E-state index contributed by atoms with van der Waals surface area (Å²) < 4.78 is 7.13. The second kappa shape index (κ2) is 7.06. The number of thiophene rings is 1. The van der Waals surface area contributed by atoms with Gasteiger partial charge in [0.1, 0.15) is 10.6 Å². The molecule has 0 saturated heterocycles. The van der Waals surface area contributed by atoms with Gasteiger partial charge in [0.15, 0.2) is 5.16 Å². The molecule has 7 heteroatoms. The van der Waals surface area contributed by atoms with Crippen LogP contribution < -0.4 is 5.56 Å². The highest BCUT2D eigenvalue weighted by Gasteiger charge is 2.22. The molecule has 0 bridgehead atoms. The smallest absolute Gasteiger partial charge is 0.263 e. The minimum Gasteiger partial charge on any atom is -0.467 e. The fourth-order valence-electron chi connectivity index (χ4n) is 3.22. The number of nitrogens with zero attached hydrogens (tertiary/aromatic N) is 3. The molecule has 0 fully saturated rings. The summed E-state index contributed by atoms with van der Waals surface area (Å²) in [5.74, 6) is 1.35. The van der Waals surface area contributed by atoms with Crippen LogP contribution in [0.1, 0.15) is 35.5 Å². The number of rotatable bonds is 5. The van der Waals surface area contributed by atoms with Crippen LogP contribution in [0.15, 0.2) is 32.8 Å². The van der Waals surface area contributed by atoms with Crippen molar-refractivity contribution in [3.05, 3.63) is 45.0 Å². The summed E-state index contributed by atoms with van der Waals surface area (Å²) in [5.41, 5.74) is 1.21. The number of thioether (sulfide) groups is 1. The molecule has 0 N–H and O–H groups in total. The maximum atomic E-state index is 13.3. The van der Waals surface area contributed by atoms with Crippen molar-refractivity contribution < 1.29 is 4.42 Å². The summed E-state index contributed by atoms with van der Waals surface area (Å²) in [6.07, 6.45) is 6.37. The van der Waals surface area contributed by atoms with Crippen molar-refractivity contribution >= 4 is 33.3 Å². The third-order valence-electron chi connectivity index (χ3n) is 4.38. The highest BCUT2D eigenvalue weighted by atomic mass is 32.2. The standard InChI is InChI=1S/C18H17N3O2S2/c19-8-4-10-24-18-20-16-15(13-6-1-2-7-14(13)25-16)17(22)21(18)11-12-5-3-9-23-12/h3,5,9H,1-2,4,6-7,10-11H2. The molecular formula is C18H17N3O2S2. The van der Waals surface area contributed by atoms with Crippen LogP contribution in [-0.4, -0.2) is 15.3 Å². The minimum atomic E-state index is 0.0141. The highest BCUT2D eigenvalue weighted by molar-refractivity contribution is 7.99. The van der Waals surface area contributed by atoms with Crippen LogP contribution in [0.25, 0.3) is 10.2 Å². The first-order valence-electron chi connectivity index (χ1n) is 8.35. The van der Waals surface area contributed by atoms with E-state index in [1.807, 2.05) is 12.1 Å². The SMILES string of the molecule is N#CCCSc1nc2sc3c(c2c(=O)n1Cc1ccco1)CCCC3. The number of aromatic nitrogens is 2. The number of furan rings is 1. The maximum absolute atomic E-state index is 13.3. The second-order valence-corrected chi connectivity index (χ2v) is 8.16. The van der Waals surface area contributed by atoms with Crippen molar-refractivity contribution in [3.63, 3.8) is 0 Å². The van der Waals surface area contributed by atoms with Crippen LogP contribution in [0.5, 0.6) is 0 Å². The molecule has 5 nitrogen and oxygen atoms in total. The predicted octanol–water partition coefficient (Wildman–Crippen LogP) is 3.98. The number of hydrogen-bond acceptors (Lipinski definition) is 6. The lowest BCUT2D eigenvalue weighted by Crippen LogP contribution is -2.24. The van der Waals surface area contributed by atoms with Crippen molar-refractivity contribution in [2.24, 2.45) is 0 Å². The van der Waals surface area contributed by atoms with Crippen molar-refractivity contribution in [2.45, 2.75) is 43.8 Å². The Balaban J connectivity index is 1.85. The number of fused-ring (bicyclic) bond motifs is 3. The first-order chi connectivity index (χ1) is 12.3. The van der Waals surface area contributed by atoms with Crippen molar-refractivity contribution in [1.29, 1.82) is 5.26 Å². The Morgan fingerprint density at radius 3 is 3.08 bits per heavy atom. The molecule has 0 saturated carbocycles. The monoisotopic (exact) mass is 371 g/mol. The van der Waals surface area contributed by atoms with E-state index in [2.05, 4.69) is 6.07 Å². The van der Waals surface area contributed by atoms with E-state index in [1.54, 1.807) is 22.2 Å². The fourth-order valence-corrected chi connectivity index (χ4v) is 5.36. The van der Waals surface area contributed by atoms with E-state index in [0.717, 1.165) is 35.2 Å². The largest absolute Gasteiger partial charge is 0.467 e. The lowest BCUT2D eigenvalue weighted by atomic mass is 9.97. The van der Waals surface area contributed by atoms with E-state index < -0.39 is 0 Å². The summed E-state index contributed by atoms with van der Waals surface area (Å²) in [7, 11) is 0. The Morgan fingerprint density at radius 2 is 2.28 bits per heavy atom. The molecule has 25 heavy (non-hydrogen) atoms. The van der Waals surface area contributed by atoms with Crippen LogP contribution >= 0.6 is 23.1 Å². The van der Waals surface area contributed by atoms with Gasteiger partial charge in [-0.15, -0.1) is 11.3 Å². The van der Waals surface area contributed by atoms with Gasteiger partial charge in [-0.3, -0.25) is 9.36 Å². The average Bonchev–Trinajstić information content (AvgIpc) is 3.25. The van der Waals surface area contributed by atoms with Crippen molar-refractivity contribution in [1.82, 2.24) is 9.55 Å². The zero-order valence-corrected chi connectivity index (χ0v) is 15.3. The molecule has 0 amide bonds. The topological polar surface area (TPSA) is 71.8 Å². The van der Waals surface area contributed by atoms with E-state index in [1.165, 1.54) is 28.6 Å². The van der Waals surface area contributed by atoms with E-state index in [4.69, 9.17) is 14.7 Å². The first kappa shape index (κ1) is 16.4. The number of hydrogen-bond donors (Lipinski definition) is 0. The summed E-state index contributed by atoms with van der Waals surface area (Å²) in [6, 6.07) is 5.83. The molecule has 3 aromatic rings. The Morgan fingerprint density at radius 1 is 1.40 bits per heavy atom. The first-order valence-corrected chi connectivity index (χ1v) is 10.2. The number of nitriles is 1. The summed E-state index contributed by atoms with van der Waals surface area (Å²) in [5, 5.41) is 10.2. The van der Waals surface area contributed by atoms with E-state index in [0.29, 0.717) is 23.9 Å². The Bertz CT molecular complexity index is 996. The van der Waals surface area contributed by atoms with Crippen LogP contribution in [-0.2, 0) is 19.4 Å². The summed E-state index contributed by atoms with van der Waals surface area (Å²) in [6.45, 7) is 0.369. The van der Waals surface area contributed by atoms with E-state index in [9.17, 15) is 4.79 Å². The van der Waals surface area contributed by atoms with Crippen molar-refractivity contribution in [2.75, 3.05) is 5.75 Å². The molecule has 3 heterocycles. The van der Waals surface area contributed by atoms with Gasteiger partial charge in [0, 0.05) is 17.1 Å². The van der Waals surface area contributed by atoms with Gasteiger partial charge in [0.2, 0.25) is 0 Å². The lowest BCUT2D eigenvalue weighted by molar-refractivity contribution is 0.476. The molecule has 3 aromatic heterocycles. The summed E-state index contributed by atoms with van der Waals surface area (Å²) in [4.78, 5) is 20.2. The van der Waals surface area contributed by atoms with Gasteiger partial charge < -0.3 is 4.42 Å². The molecule has 1 aliphatic rings. The molecule has 0 atom stereocenters. The average molecular weight is 371 g/mol. The van der Waals surface area contributed by atoms with Gasteiger partial charge in [-0.1, -0.05) is 11.8 Å². The maximum Gasteiger partial charge on any atom is 0.263 e. The highest BCUT2D eigenvalue weighted by Crippen LogP contribution is 2.34. The van der Waals surface area contributed by atoms with Gasteiger partial charge in [-0.2, -0.15) is 5.26 Å². The molecule has 0 aromatic carbocycles. The van der Waals surface area contributed by atoms with Gasteiger partial charge in [0.05, 0.1) is 24.3 Å². The Hall–Kier alpha value is -2.04. The third-order valence-corrected chi connectivity index (χ3v) is 6.54. The second-order valence-electron chi connectivity index (χ2n) is 6.01. The van der Waals surface area contributed by atoms with Crippen LogP contribution in [0.3, 0.4) is 0 Å². The van der Waals surface area contributed by atoms with Crippen molar-refractivity contribution in [3.8, 4) is 6.07 Å². The molecule has 1 aliphatic carbocycles. The molecule has 4 rings (SSSR count). The van der Waals surface area contributed by atoms with Crippen LogP contribution in [0.2, 0.25) is 0 Å². The molecule has 0 spiro atoms. The van der Waals surface area contributed by atoms with E-state index >= 15 is 0 Å². The van der Waals surface area contributed by atoms with Gasteiger partial charge in [-0.05, 0) is 43.4 Å². The zero-order chi connectivity index (χ0) is 17.2. The zero-order valence-electron chi connectivity index (χ0n) is 13.7. The van der Waals surface area contributed by atoms with Crippen LogP contribution in [0, 0.1) is 11.3 Å². The van der Waals surface area contributed by atoms with Gasteiger partial charge >= 0.3 is 0 Å². The Labute approximate surface area is 153 Å². The molecule has 0 unspecified atom stereocenters. The molecule has 128 valence electrons. The predicted molar refractivity (Wildman–Crippen MR) is 99.3 cm³/mol. The molecule has 0 aliphatic heterocycles. The third kappa shape index (κ3) is 3.12. The van der Waals surface area contributed by atoms with Gasteiger partial charge in [0.25, 0.3) is 5.56 Å². The normalized spacial score (nSPS) is 13.7. The Kier molecular flexibility index (Phi) is 4.64. The molecular weight excluding hydrogens is 354 g/mol. The fraction of sp³-hybridized carbons (Fsp3) is 0.389. The molecule has 0 radical (unpaired) electrons. The van der Waals surface area contributed by atoms with Crippen LogP contribution in [0.4, 0.5) is 0 Å². The summed E-state index contributed by atoms with van der Waals surface area (Å²) >= 11 is 3.12. The quantitative estimate of drug-likeness (QED) is 0.385. The number of aryl methyl sites for hydroxylation is 2. The lowest BCUT2D eigenvalue weighted by Gasteiger charge is -2.12. The minimum absolute atomic E-state index is 0.0141.